The largest absolute Gasteiger partial charge is 0.360 e. The van der Waals surface area contributed by atoms with E-state index in [4.69, 9.17) is 0 Å². The Morgan fingerprint density at radius 1 is 1.18 bits per heavy atom. The molecule has 0 radical (unpaired) electrons. The summed E-state index contributed by atoms with van der Waals surface area (Å²) in [5, 5.41) is 2.89. The smallest absolute Gasteiger partial charge is 0.218 e. The number of benzene rings is 1. The summed E-state index contributed by atoms with van der Waals surface area (Å²) < 4.78 is 2.09. The number of ketones is 1. The molecule has 2 aromatic heterocycles. The van der Waals surface area contributed by atoms with Gasteiger partial charge in [-0.15, -0.1) is 11.3 Å². The molecule has 1 aromatic carbocycles. The number of carbonyl (C=O) groups excluding carboxylic acids is 1. The van der Waals surface area contributed by atoms with Gasteiger partial charge in [-0.2, -0.15) is 0 Å². The van der Waals surface area contributed by atoms with Crippen LogP contribution < -0.4 is 9.80 Å². The summed E-state index contributed by atoms with van der Waals surface area (Å²) in [5.74, 6) is 0.232. The van der Waals surface area contributed by atoms with Gasteiger partial charge in [0.25, 0.3) is 0 Å². The Kier molecular flexibility index (Phi) is 5.33. The first-order chi connectivity index (χ1) is 13.5. The molecule has 1 aliphatic rings. The first-order valence-electron chi connectivity index (χ1n) is 9.80. The zero-order chi connectivity index (χ0) is 19.7. The zero-order valence-corrected chi connectivity index (χ0v) is 17.6. The van der Waals surface area contributed by atoms with Gasteiger partial charge in [-0.3, -0.25) is 9.36 Å². The Hall–Kier alpha value is -2.44. The summed E-state index contributed by atoms with van der Waals surface area (Å²) in [6, 6.07) is 10.6. The van der Waals surface area contributed by atoms with Crippen molar-refractivity contribution >= 4 is 22.8 Å². The molecule has 4 rings (SSSR count). The highest BCUT2D eigenvalue weighted by molar-refractivity contribution is 7.12. The van der Waals surface area contributed by atoms with E-state index in [0.29, 0.717) is 6.54 Å². The van der Waals surface area contributed by atoms with Gasteiger partial charge in [0, 0.05) is 34.2 Å². The SMILES string of the molecule is Cc1ccccc1N1CC[NH+](CC(=O)c2cc(C)n(-c3nccs3)c2C)CC1. The number of hydrogen-bond donors (Lipinski definition) is 1. The van der Waals surface area contributed by atoms with E-state index < -0.39 is 0 Å². The van der Waals surface area contributed by atoms with Gasteiger partial charge >= 0.3 is 0 Å². The third kappa shape index (κ3) is 3.62. The molecule has 5 nitrogen and oxygen atoms in total. The minimum atomic E-state index is 0.232. The molecule has 1 fully saturated rings. The Labute approximate surface area is 170 Å². The number of nitrogens with one attached hydrogen (secondary N) is 1. The number of thiazole rings is 1. The van der Waals surface area contributed by atoms with Crippen molar-refractivity contribution in [2.45, 2.75) is 20.8 Å². The number of hydrogen-bond acceptors (Lipinski definition) is 4. The molecular formula is C22H27N4OS+. The van der Waals surface area contributed by atoms with E-state index >= 15 is 0 Å². The zero-order valence-electron chi connectivity index (χ0n) is 16.7. The lowest BCUT2D eigenvalue weighted by Crippen LogP contribution is -3.15. The number of carbonyl (C=O) groups is 1. The van der Waals surface area contributed by atoms with Crippen LogP contribution in [0.5, 0.6) is 0 Å². The standard InChI is InChI=1S/C22H26N4OS/c1-16-6-4-5-7-20(16)25-11-9-24(10-12-25)15-21(27)19-14-17(2)26(18(19)3)22-23-8-13-28-22/h4-8,13-14H,9-12,15H2,1-3H3/p+1. The van der Waals surface area contributed by atoms with Crippen LogP contribution in [0, 0.1) is 20.8 Å². The van der Waals surface area contributed by atoms with E-state index in [0.717, 1.165) is 48.3 Å². The van der Waals surface area contributed by atoms with Gasteiger partial charge in [-0.05, 0) is 38.5 Å². The highest BCUT2D eigenvalue weighted by Crippen LogP contribution is 2.22. The van der Waals surface area contributed by atoms with Crippen molar-refractivity contribution in [2.24, 2.45) is 0 Å². The number of Topliss-reactive ketones (excluding diaryl/α,β-unsaturated/α-hetero) is 1. The second-order valence-corrected chi connectivity index (χ2v) is 8.43. The number of quaternary nitrogens is 1. The summed E-state index contributed by atoms with van der Waals surface area (Å²) in [4.78, 5) is 21.2. The van der Waals surface area contributed by atoms with Crippen molar-refractivity contribution in [2.75, 3.05) is 37.6 Å². The van der Waals surface area contributed by atoms with E-state index in [2.05, 4.69) is 45.6 Å². The van der Waals surface area contributed by atoms with Gasteiger partial charge < -0.3 is 9.80 Å². The summed E-state index contributed by atoms with van der Waals surface area (Å²) >= 11 is 1.59. The average molecular weight is 396 g/mol. The molecule has 1 aliphatic heterocycles. The summed E-state index contributed by atoms with van der Waals surface area (Å²) in [6.07, 6.45) is 1.80. The fourth-order valence-electron chi connectivity index (χ4n) is 4.15. The molecule has 0 unspecified atom stereocenters. The third-order valence-electron chi connectivity index (χ3n) is 5.68. The maximum Gasteiger partial charge on any atom is 0.218 e. The number of piperazine rings is 1. The van der Waals surface area contributed by atoms with E-state index in [1.165, 1.54) is 16.2 Å². The van der Waals surface area contributed by atoms with Crippen LogP contribution in [-0.2, 0) is 0 Å². The van der Waals surface area contributed by atoms with Crippen LogP contribution in [-0.4, -0.2) is 48.1 Å². The molecule has 146 valence electrons. The fourth-order valence-corrected chi connectivity index (χ4v) is 4.90. The van der Waals surface area contributed by atoms with Crippen LogP contribution in [0.25, 0.3) is 5.13 Å². The van der Waals surface area contributed by atoms with Crippen LogP contribution in [0.3, 0.4) is 0 Å². The summed E-state index contributed by atoms with van der Waals surface area (Å²) in [7, 11) is 0. The minimum absolute atomic E-state index is 0.232. The molecule has 6 heteroatoms. The lowest BCUT2D eigenvalue weighted by atomic mass is 10.1. The molecule has 0 aliphatic carbocycles. The van der Waals surface area contributed by atoms with Gasteiger partial charge in [0.1, 0.15) is 6.54 Å². The molecule has 0 atom stereocenters. The van der Waals surface area contributed by atoms with Crippen LogP contribution in [0.15, 0.2) is 41.9 Å². The number of aromatic nitrogens is 2. The van der Waals surface area contributed by atoms with Gasteiger partial charge in [-0.1, -0.05) is 18.2 Å². The molecule has 0 saturated carbocycles. The third-order valence-corrected chi connectivity index (χ3v) is 6.44. The highest BCUT2D eigenvalue weighted by atomic mass is 32.1. The quantitative estimate of drug-likeness (QED) is 0.675. The average Bonchev–Trinajstić information content (AvgIpc) is 3.30. The summed E-state index contributed by atoms with van der Waals surface area (Å²) in [6.45, 7) is 10.7. The van der Waals surface area contributed by atoms with E-state index in [1.54, 1.807) is 17.5 Å². The molecule has 3 heterocycles. The van der Waals surface area contributed by atoms with Crippen molar-refractivity contribution in [3.63, 3.8) is 0 Å². The van der Waals surface area contributed by atoms with Crippen LogP contribution >= 0.6 is 11.3 Å². The Balaban J connectivity index is 1.42. The predicted octanol–water partition coefficient (Wildman–Crippen LogP) is 2.45. The topological polar surface area (TPSA) is 42.6 Å². The van der Waals surface area contributed by atoms with Gasteiger partial charge in [-0.25, -0.2) is 4.98 Å². The predicted molar refractivity (Wildman–Crippen MR) is 114 cm³/mol. The van der Waals surface area contributed by atoms with E-state index in [-0.39, 0.29) is 5.78 Å². The normalized spacial score (nSPS) is 15.2. The molecular weight excluding hydrogens is 368 g/mol. The van der Waals surface area contributed by atoms with Crippen molar-refractivity contribution in [3.05, 3.63) is 64.4 Å². The maximum atomic E-state index is 13.0. The van der Waals surface area contributed by atoms with Crippen molar-refractivity contribution in [1.29, 1.82) is 0 Å². The maximum absolute atomic E-state index is 13.0. The monoisotopic (exact) mass is 395 g/mol. The van der Waals surface area contributed by atoms with Crippen molar-refractivity contribution < 1.29 is 9.69 Å². The highest BCUT2D eigenvalue weighted by Gasteiger charge is 2.25. The molecule has 3 aromatic rings. The van der Waals surface area contributed by atoms with Crippen LogP contribution in [0.2, 0.25) is 0 Å². The fraction of sp³-hybridized carbons (Fsp3) is 0.364. The Morgan fingerprint density at radius 3 is 2.61 bits per heavy atom. The van der Waals surface area contributed by atoms with Gasteiger partial charge in [0.2, 0.25) is 5.78 Å². The summed E-state index contributed by atoms with van der Waals surface area (Å²) in [5.41, 5.74) is 5.53. The second-order valence-electron chi connectivity index (χ2n) is 7.56. The molecule has 0 amide bonds. The van der Waals surface area contributed by atoms with Crippen molar-refractivity contribution in [3.8, 4) is 5.13 Å². The van der Waals surface area contributed by atoms with Gasteiger partial charge in [0.05, 0.1) is 26.2 Å². The van der Waals surface area contributed by atoms with Gasteiger partial charge in [0.15, 0.2) is 5.13 Å². The number of para-hydroxylation sites is 1. The number of aryl methyl sites for hydroxylation is 2. The number of rotatable bonds is 5. The first-order valence-corrected chi connectivity index (χ1v) is 10.7. The number of nitrogens with zero attached hydrogens (tertiary/aromatic N) is 3. The molecule has 0 bridgehead atoms. The molecule has 1 saturated heterocycles. The molecule has 1 N–H and O–H groups in total. The number of anilines is 1. The van der Waals surface area contributed by atoms with Crippen LogP contribution in [0.1, 0.15) is 27.3 Å². The molecule has 28 heavy (non-hydrogen) atoms. The second kappa shape index (κ2) is 7.89. The first kappa shape index (κ1) is 18.9. The van der Waals surface area contributed by atoms with Crippen LogP contribution in [0.4, 0.5) is 5.69 Å². The minimum Gasteiger partial charge on any atom is -0.360 e. The van der Waals surface area contributed by atoms with Crippen molar-refractivity contribution in [1.82, 2.24) is 9.55 Å². The van der Waals surface area contributed by atoms with E-state index in [9.17, 15) is 4.79 Å². The Morgan fingerprint density at radius 2 is 1.93 bits per heavy atom. The molecule has 0 spiro atoms. The lowest BCUT2D eigenvalue weighted by molar-refractivity contribution is -0.892. The van der Waals surface area contributed by atoms with E-state index in [1.807, 2.05) is 25.3 Å². The lowest BCUT2D eigenvalue weighted by Gasteiger charge is -2.34. The Bertz CT molecular complexity index is 969.